The van der Waals surface area contributed by atoms with Crippen LogP contribution in [0, 0.1) is 0 Å². The van der Waals surface area contributed by atoms with Crippen LogP contribution < -0.4 is 5.32 Å². The Morgan fingerprint density at radius 2 is 1.24 bits per heavy atom. The van der Waals surface area contributed by atoms with E-state index in [2.05, 4.69) is 60.8 Å². The highest BCUT2D eigenvalue weighted by Gasteiger charge is 2.50. The van der Waals surface area contributed by atoms with Crippen LogP contribution >= 0.6 is 0 Å². The number of nitrogens with one attached hydrogen (secondary N) is 1. The van der Waals surface area contributed by atoms with E-state index in [1.807, 2.05) is 12.2 Å². The van der Waals surface area contributed by atoms with Gasteiger partial charge in [0.1, 0.15) is 18.8 Å². The predicted molar refractivity (Wildman–Crippen MR) is 159 cm³/mol. The maximum atomic E-state index is 12.6. The fourth-order valence-corrected chi connectivity index (χ4v) is 4.08. The Morgan fingerprint density at radius 3 is 1.74 bits per heavy atom. The lowest BCUT2D eigenvalue weighted by atomic mass is 9.96. The third-order valence-electron chi connectivity index (χ3n) is 5.98. The number of carbonyl (C=O) groups is 4. The number of aliphatic hydroxyl groups is 1. The zero-order valence-corrected chi connectivity index (χ0v) is 25.2. The van der Waals surface area contributed by atoms with Crippen LogP contribution in [0.5, 0.6) is 0 Å². The summed E-state index contributed by atoms with van der Waals surface area (Å²) in [5, 5.41) is 13.2. The van der Waals surface area contributed by atoms with E-state index in [0.717, 1.165) is 46.0 Å². The van der Waals surface area contributed by atoms with Crippen LogP contribution in [-0.2, 0) is 38.1 Å². The fraction of sp³-hybridized carbons (Fsp3) is 0.562. The molecule has 1 heterocycles. The molecule has 0 aromatic rings. The monoisotopic (exact) mass is 589 g/mol. The van der Waals surface area contributed by atoms with Crippen molar-refractivity contribution >= 4 is 23.8 Å². The van der Waals surface area contributed by atoms with E-state index in [1.165, 1.54) is 6.92 Å². The minimum Gasteiger partial charge on any atom is -0.463 e. The largest absolute Gasteiger partial charge is 0.463 e. The van der Waals surface area contributed by atoms with E-state index in [0.29, 0.717) is 12.8 Å². The average Bonchev–Trinajstić information content (AvgIpc) is 2.92. The Morgan fingerprint density at radius 1 is 0.738 bits per heavy atom. The van der Waals surface area contributed by atoms with Crippen molar-refractivity contribution in [3.8, 4) is 0 Å². The second-order valence-electron chi connectivity index (χ2n) is 9.71. The first-order valence-corrected chi connectivity index (χ1v) is 14.5. The lowest BCUT2D eigenvalue weighted by Crippen LogP contribution is -2.66. The first-order chi connectivity index (χ1) is 20.1. The standard InChI is InChI=1S/C32H47NO9/c1-5-6-7-8-9-10-11-12-13-14-15-16-17-18-19-20-21-22-28(37)33-29-31(41-26(4)36)30(40-25(3)35)27(42-32(29)38)23-39-24(2)34/h6-7,9-10,12-13,15-16,18-19,27,29-32,38H,5,8,11,14,17,20-23H2,1-4H3,(H,33,37)/b7-6-,10-9-,13-12-,16-15-,19-18-/t27?,29?,30-,31-,32-/m1/s1. The summed E-state index contributed by atoms with van der Waals surface area (Å²) in [4.78, 5) is 47.4. The first-order valence-electron chi connectivity index (χ1n) is 14.5. The molecule has 0 saturated carbocycles. The van der Waals surface area contributed by atoms with Crippen LogP contribution in [0.25, 0.3) is 0 Å². The maximum Gasteiger partial charge on any atom is 0.303 e. The molecule has 1 saturated heterocycles. The molecule has 2 unspecified atom stereocenters. The van der Waals surface area contributed by atoms with Crippen LogP contribution in [0.2, 0.25) is 0 Å². The first kappa shape index (κ1) is 36.5. The van der Waals surface area contributed by atoms with E-state index in [-0.39, 0.29) is 13.0 Å². The summed E-state index contributed by atoms with van der Waals surface area (Å²) >= 11 is 0. The number of carbonyl (C=O) groups excluding carboxylic acids is 4. The molecule has 10 nitrogen and oxygen atoms in total. The summed E-state index contributed by atoms with van der Waals surface area (Å²) in [6.07, 6.45) is 22.0. The molecule has 2 N–H and O–H groups in total. The Balaban J connectivity index is 2.49. The highest BCUT2D eigenvalue weighted by atomic mass is 16.7. The molecular formula is C32H47NO9. The van der Waals surface area contributed by atoms with Crippen LogP contribution in [0.15, 0.2) is 60.8 Å². The van der Waals surface area contributed by atoms with Gasteiger partial charge in [0.05, 0.1) is 0 Å². The van der Waals surface area contributed by atoms with E-state index < -0.39 is 54.5 Å². The number of ether oxygens (including phenoxy) is 4. The molecule has 5 atom stereocenters. The summed E-state index contributed by atoms with van der Waals surface area (Å²) in [7, 11) is 0. The summed E-state index contributed by atoms with van der Waals surface area (Å²) in [5.41, 5.74) is 0. The lowest BCUT2D eigenvalue weighted by Gasteiger charge is -2.43. The zero-order chi connectivity index (χ0) is 31.2. The van der Waals surface area contributed by atoms with Gasteiger partial charge in [-0.2, -0.15) is 0 Å². The van der Waals surface area contributed by atoms with Crippen LogP contribution in [0.4, 0.5) is 0 Å². The average molecular weight is 590 g/mol. The van der Waals surface area contributed by atoms with Crippen LogP contribution in [0.1, 0.15) is 79.1 Å². The van der Waals surface area contributed by atoms with Crippen molar-refractivity contribution in [2.24, 2.45) is 0 Å². The lowest BCUT2D eigenvalue weighted by molar-refractivity contribution is -0.264. The highest BCUT2D eigenvalue weighted by molar-refractivity contribution is 5.76. The second kappa shape index (κ2) is 22.1. The minimum absolute atomic E-state index is 0.152. The van der Waals surface area contributed by atoms with Gasteiger partial charge in [-0.3, -0.25) is 19.2 Å². The summed E-state index contributed by atoms with van der Waals surface area (Å²) in [5.74, 6) is -2.42. The molecule has 42 heavy (non-hydrogen) atoms. The van der Waals surface area contributed by atoms with Gasteiger partial charge in [-0.15, -0.1) is 0 Å². The molecule has 1 aliphatic rings. The van der Waals surface area contributed by atoms with Crippen molar-refractivity contribution in [1.29, 1.82) is 0 Å². The fourth-order valence-electron chi connectivity index (χ4n) is 4.08. The van der Waals surface area contributed by atoms with Gasteiger partial charge in [0, 0.05) is 27.2 Å². The van der Waals surface area contributed by atoms with Crippen molar-refractivity contribution < 1.29 is 43.2 Å². The Bertz CT molecular complexity index is 982. The van der Waals surface area contributed by atoms with E-state index >= 15 is 0 Å². The maximum absolute atomic E-state index is 12.6. The molecule has 1 fully saturated rings. The van der Waals surface area contributed by atoms with Crippen LogP contribution in [0.3, 0.4) is 0 Å². The molecule has 0 aliphatic carbocycles. The number of amides is 1. The van der Waals surface area contributed by atoms with Crippen LogP contribution in [-0.4, -0.2) is 66.2 Å². The molecular weight excluding hydrogens is 542 g/mol. The van der Waals surface area contributed by atoms with E-state index in [9.17, 15) is 24.3 Å². The second-order valence-corrected chi connectivity index (χ2v) is 9.71. The minimum atomic E-state index is -1.60. The van der Waals surface area contributed by atoms with Crippen molar-refractivity contribution in [3.63, 3.8) is 0 Å². The van der Waals surface area contributed by atoms with Gasteiger partial charge in [0.15, 0.2) is 18.5 Å². The predicted octanol–water partition coefficient (Wildman–Crippen LogP) is 4.54. The van der Waals surface area contributed by atoms with Crippen molar-refractivity contribution in [2.75, 3.05) is 6.61 Å². The molecule has 0 radical (unpaired) electrons. The molecule has 0 aromatic carbocycles. The Labute approximate surface area is 249 Å². The van der Waals surface area contributed by atoms with Gasteiger partial charge in [-0.25, -0.2) is 0 Å². The number of hydrogen-bond donors (Lipinski definition) is 2. The SMILES string of the molecule is CC/C=C\C/C=C\C/C=C\C/C=C\C/C=C\CCCC(=O)NC1[C@H](O)OC(COC(C)=O)[C@@H](OC(C)=O)[C@@H]1OC(C)=O. The quantitative estimate of drug-likeness (QED) is 0.102. The number of esters is 3. The molecule has 234 valence electrons. The molecule has 1 amide bonds. The normalized spacial score (nSPS) is 22.8. The van der Waals surface area contributed by atoms with Crippen molar-refractivity contribution in [2.45, 2.75) is 110 Å². The smallest absolute Gasteiger partial charge is 0.303 e. The summed E-state index contributed by atoms with van der Waals surface area (Å²) in [6.45, 7) is 5.26. The number of unbranched alkanes of at least 4 members (excludes halogenated alkanes) is 1. The Kier molecular flexibility index (Phi) is 19.3. The Hall–Kier alpha value is -3.50. The van der Waals surface area contributed by atoms with E-state index in [4.69, 9.17) is 18.9 Å². The molecule has 1 rings (SSSR count). The number of allylic oxidation sites excluding steroid dienone is 10. The number of hydrogen-bond acceptors (Lipinski definition) is 9. The molecule has 1 aliphatic heterocycles. The number of rotatable bonds is 18. The molecule has 0 aromatic heterocycles. The highest BCUT2D eigenvalue weighted by Crippen LogP contribution is 2.26. The zero-order valence-electron chi connectivity index (χ0n) is 25.2. The van der Waals surface area contributed by atoms with Gasteiger partial charge in [0.2, 0.25) is 5.91 Å². The van der Waals surface area contributed by atoms with Gasteiger partial charge in [0.25, 0.3) is 0 Å². The van der Waals surface area contributed by atoms with E-state index in [1.54, 1.807) is 0 Å². The molecule has 0 bridgehead atoms. The number of aliphatic hydroxyl groups excluding tert-OH is 1. The summed E-state index contributed by atoms with van der Waals surface area (Å²) < 4.78 is 21.0. The van der Waals surface area contributed by atoms with Crippen molar-refractivity contribution in [1.82, 2.24) is 5.32 Å². The summed E-state index contributed by atoms with van der Waals surface area (Å²) in [6, 6.07) is -1.20. The third-order valence-corrected chi connectivity index (χ3v) is 5.98. The topological polar surface area (TPSA) is 137 Å². The molecule has 0 spiro atoms. The van der Waals surface area contributed by atoms with Gasteiger partial charge in [-0.1, -0.05) is 67.7 Å². The van der Waals surface area contributed by atoms with Gasteiger partial charge < -0.3 is 29.4 Å². The van der Waals surface area contributed by atoms with Gasteiger partial charge in [-0.05, 0) is 44.9 Å². The molecule has 10 heteroatoms. The van der Waals surface area contributed by atoms with Crippen molar-refractivity contribution in [3.05, 3.63) is 60.8 Å². The third kappa shape index (κ3) is 16.7. The van der Waals surface area contributed by atoms with Gasteiger partial charge >= 0.3 is 17.9 Å².